The Morgan fingerprint density at radius 3 is 2.52 bits per heavy atom. The SMILES string of the molecule is O=C(CSCc1ccc(F)cc1)NC1(CO)CCCCC1. The van der Waals surface area contributed by atoms with Crippen LogP contribution in [0, 0.1) is 5.82 Å². The van der Waals surface area contributed by atoms with Crippen LogP contribution in [0.3, 0.4) is 0 Å². The molecule has 0 saturated heterocycles. The first-order valence-corrected chi connectivity index (χ1v) is 8.53. The summed E-state index contributed by atoms with van der Waals surface area (Å²) in [7, 11) is 0. The average Bonchev–Trinajstić information content (AvgIpc) is 2.50. The quantitative estimate of drug-likeness (QED) is 0.849. The molecule has 0 heterocycles. The highest BCUT2D eigenvalue weighted by Crippen LogP contribution is 2.27. The zero-order valence-electron chi connectivity index (χ0n) is 12.1. The first kappa shape index (κ1) is 16.3. The van der Waals surface area contributed by atoms with Crippen LogP contribution in [0.1, 0.15) is 37.7 Å². The number of thioether (sulfide) groups is 1. The highest BCUT2D eigenvalue weighted by Gasteiger charge is 2.32. The Hall–Kier alpha value is -1.07. The number of carbonyl (C=O) groups excluding carboxylic acids is 1. The number of benzene rings is 1. The third-order valence-electron chi connectivity index (χ3n) is 3.93. The molecule has 116 valence electrons. The van der Waals surface area contributed by atoms with E-state index in [-0.39, 0.29) is 18.3 Å². The van der Waals surface area contributed by atoms with Crippen molar-refractivity contribution in [3.63, 3.8) is 0 Å². The maximum absolute atomic E-state index is 12.8. The lowest BCUT2D eigenvalue weighted by molar-refractivity contribution is -0.121. The summed E-state index contributed by atoms with van der Waals surface area (Å²) in [5.74, 6) is 0.764. The van der Waals surface area contributed by atoms with E-state index in [4.69, 9.17) is 0 Å². The van der Waals surface area contributed by atoms with Gasteiger partial charge in [0.25, 0.3) is 0 Å². The van der Waals surface area contributed by atoms with E-state index in [2.05, 4.69) is 5.32 Å². The van der Waals surface area contributed by atoms with E-state index in [0.29, 0.717) is 11.5 Å². The number of amides is 1. The number of carbonyl (C=O) groups is 1. The van der Waals surface area contributed by atoms with Crippen LogP contribution in [-0.2, 0) is 10.5 Å². The maximum Gasteiger partial charge on any atom is 0.230 e. The number of nitrogens with one attached hydrogen (secondary N) is 1. The van der Waals surface area contributed by atoms with Gasteiger partial charge in [0.05, 0.1) is 17.9 Å². The molecular weight excluding hydrogens is 289 g/mol. The molecule has 1 aliphatic carbocycles. The molecule has 21 heavy (non-hydrogen) atoms. The Kier molecular flexibility index (Phi) is 6.06. The molecule has 3 nitrogen and oxygen atoms in total. The molecule has 0 aromatic heterocycles. The van der Waals surface area contributed by atoms with Crippen LogP contribution in [-0.4, -0.2) is 28.9 Å². The van der Waals surface area contributed by atoms with Crippen LogP contribution < -0.4 is 5.32 Å². The van der Waals surface area contributed by atoms with Gasteiger partial charge in [-0.15, -0.1) is 11.8 Å². The van der Waals surface area contributed by atoms with Crippen LogP contribution in [0.5, 0.6) is 0 Å². The Balaban J connectivity index is 1.75. The molecule has 1 saturated carbocycles. The van der Waals surface area contributed by atoms with Crippen molar-refractivity contribution in [1.82, 2.24) is 5.32 Å². The zero-order valence-corrected chi connectivity index (χ0v) is 12.9. The minimum atomic E-state index is -0.411. The summed E-state index contributed by atoms with van der Waals surface area (Å²) in [6, 6.07) is 6.32. The molecule has 0 spiro atoms. The van der Waals surface area contributed by atoms with Crippen molar-refractivity contribution in [1.29, 1.82) is 0 Å². The summed E-state index contributed by atoms with van der Waals surface area (Å²) in [5.41, 5.74) is 0.593. The van der Waals surface area contributed by atoms with Gasteiger partial charge in [-0.25, -0.2) is 4.39 Å². The van der Waals surface area contributed by atoms with Gasteiger partial charge in [-0.2, -0.15) is 0 Å². The Bertz CT molecular complexity index is 458. The molecule has 2 N–H and O–H groups in total. The van der Waals surface area contributed by atoms with Gasteiger partial charge >= 0.3 is 0 Å². The van der Waals surface area contributed by atoms with Crippen LogP contribution >= 0.6 is 11.8 Å². The van der Waals surface area contributed by atoms with Gasteiger partial charge in [-0.1, -0.05) is 31.4 Å². The van der Waals surface area contributed by atoms with E-state index in [1.165, 1.54) is 30.3 Å². The first-order valence-electron chi connectivity index (χ1n) is 7.38. The molecule has 1 aromatic carbocycles. The smallest absolute Gasteiger partial charge is 0.230 e. The van der Waals surface area contributed by atoms with Crippen molar-refractivity contribution >= 4 is 17.7 Å². The number of rotatable bonds is 6. The standard InChI is InChI=1S/C16H22FNO2S/c17-14-6-4-13(5-7-14)10-21-11-15(20)18-16(12-19)8-2-1-3-9-16/h4-7,19H,1-3,8-12H2,(H,18,20). The number of aliphatic hydroxyl groups excluding tert-OH is 1. The molecule has 1 aromatic rings. The molecule has 1 fully saturated rings. The molecule has 0 atom stereocenters. The van der Waals surface area contributed by atoms with E-state index < -0.39 is 5.54 Å². The first-order chi connectivity index (χ1) is 10.1. The van der Waals surface area contributed by atoms with E-state index >= 15 is 0 Å². The monoisotopic (exact) mass is 311 g/mol. The number of hydrogen-bond acceptors (Lipinski definition) is 3. The second-order valence-electron chi connectivity index (χ2n) is 5.67. The summed E-state index contributed by atoms with van der Waals surface area (Å²) in [4.78, 5) is 12.0. The second-order valence-corrected chi connectivity index (χ2v) is 6.65. The van der Waals surface area contributed by atoms with Gasteiger partial charge in [0.1, 0.15) is 5.82 Å². The average molecular weight is 311 g/mol. The minimum Gasteiger partial charge on any atom is -0.394 e. The number of halogens is 1. The van der Waals surface area contributed by atoms with Crippen molar-refractivity contribution in [2.24, 2.45) is 0 Å². The molecule has 0 unspecified atom stereocenters. The summed E-state index contributed by atoms with van der Waals surface area (Å²) in [5, 5.41) is 12.6. The largest absolute Gasteiger partial charge is 0.394 e. The fourth-order valence-electron chi connectivity index (χ4n) is 2.73. The van der Waals surface area contributed by atoms with Crippen molar-refractivity contribution in [2.75, 3.05) is 12.4 Å². The number of aliphatic hydroxyl groups is 1. The van der Waals surface area contributed by atoms with Gasteiger partial charge in [0.2, 0.25) is 5.91 Å². The summed E-state index contributed by atoms with van der Waals surface area (Å²) < 4.78 is 12.8. The van der Waals surface area contributed by atoms with Crippen LogP contribution in [0.25, 0.3) is 0 Å². The van der Waals surface area contributed by atoms with Crippen molar-refractivity contribution < 1.29 is 14.3 Å². The Morgan fingerprint density at radius 1 is 1.24 bits per heavy atom. The van der Waals surface area contributed by atoms with Crippen molar-refractivity contribution in [3.8, 4) is 0 Å². The highest BCUT2D eigenvalue weighted by molar-refractivity contribution is 7.99. The lowest BCUT2D eigenvalue weighted by atomic mass is 9.82. The molecule has 0 aliphatic heterocycles. The fraction of sp³-hybridized carbons (Fsp3) is 0.562. The summed E-state index contributed by atoms with van der Waals surface area (Å²) >= 11 is 1.50. The van der Waals surface area contributed by atoms with Crippen LogP contribution in [0.2, 0.25) is 0 Å². The number of hydrogen-bond donors (Lipinski definition) is 2. The van der Waals surface area contributed by atoms with Gasteiger partial charge in [0, 0.05) is 5.75 Å². The topological polar surface area (TPSA) is 49.3 Å². The van der Waals surface area contributed by atoms with Crippen molar-refractivity contribution in [3.05, 3.63) is 35.6 Å². The summed E-state index contributed by atoms with van der Waals surface area (Å²) in [6.45, 7) is 0.0152. The molecule has 0 radical (unpaired) electrons. The normalized spacial score (nSPS) is 17.4. The molecule has 1 amide bonds. The lowest BCUT2D eigenvalue weighted by Gasteiger charge is -2.36. The molecule has 2 rings (SSSR count). The molecule has 5 heteroatoms. The zero-order chi connectivity index (χ0) is 15.1. The predicted octanol–water partition coefficient (Wildman–Crippen LogP) is 2.87. The van der Waals surface area contributed by atoms with E-state index in [9.17, 15) is 14.3 Å². The van der Waals surface area contributed by atoms with Gasteiger partial charge in [-0.05, 0) is 30.5 Å². The van der Waals surface area contributed by atoms with Gasteiger partial charge < -0.3 is 10.4 Å². The maximum atomic E-state index is 12.8. The van der Waals surface area contributed by atoms with Crippen molar-refractivity contribution in [2.45, 2.75) is 43.4 Å². The third kappa shape index (κ3) is 5.00. The van der Waals surface area contributed by atoms with Crippen LogP contribution in [0.4, 0.5) is 4.39 Å². The molecular formula is C16H22FNO2S. The Morgan fingerprint density at radius 2 is 1.90 bits per heavy atom. The van der Waals surface area contributed by atoms with Crippen LogP contribution in [0.15, 0.2) is 24.3 Å². The van der Waals surface area contributed by atoms with Gasteiger partial charge in [0.15, 0.2) is 0 Å². The predicted molar refractivity (Wildman–Crippen MR) is 83.6 cm³/mol. The minimum absolute atomic E-state index is 0.0152. The van der Waals surface area contributed by atoms with E-state index in [0.717, 1.165) is 31.2 Å². The summed E-state index contributed by atoms with van der Waals surface area (Å²) in [6.07, 6.45) is 5.01. The fourth-order valence-corrected chi connectivity index (χ4v) is 3.51. The van der Waals surface area contributed by atoms with Gasteiger partial charge in [-0.3, -0.25) is 4.79 Å². The second kappa shape index (κ2) is 7.80. The molecule has 1 aliphatic rings. The molecule has 0 bridgehead atoms. The highest BCUT2D eigenvalue weighted by atomic mass is 32.2. The van der Waals surface area contributed by atoms with E-state index in [1.54, 1.807) is 12.1 Å². The lowest BCUT2D eigenvalue weighted by Crippen LogP contribution is -2.53. The van der Waals surface area contributed by atoms with E-state index in [1.807, 2.05) is 0 Å². The Labute approximate surface area is 129 Å². The third-order valence-corrected chi connectivity index (χ3v) is 4.94.